The van der Waals surface area contributed by atoms with Gasteiger partial charge in [-0.15, -0.1) is 35.3 Å². The molecule has 27 heavy (non-hydrogen) atoms. The van der Waals surface area contributed by atoms with Gasteiger partial charge in [0.15, 0.2) is 5.96 Å². The second kappa shape index (κ2) is 14.6. The van der Waals surface area contributed by atoms with Crippen LogP contribution in [0.3, 0.4) is 0 Å². The number of nitrogens with zero attached hydrogens (tertiary/aromatic N) is 3. The fourth-order valence-corrected chi connectivity index (χ4v) is 4.04. The molecule has 0 saturated carbocycles. The first-order chi connectivity index (χ1) is 12.7. The number of hydrogen-bond acceptors (Lipinski definition) is 4. The van der Waals surface area contributed by atoms with E-state index in [9.17, 15) is 0 Å². The molecule has 1 aliphatic rings. The Morgan fingerprint density at radius 2 is 2.04 bits per heavy atom. The molecule has 0 atom stereocenters. The van der Waals surface area contributed by atoms with E-state index in [1.54, 1.807) is 0 Å². The number of likely N-dealkylation sites (tertiary alicyclic amines) is 1. The Balaban J connectivity index is 0.00000364. The second-order valence-electron chi connectivity index (χ2n) is 7.24. The summed E-state index contributed by atoms with van der Waals surface area (Å²) >= 11 is 1.82. The largest absolute Gasteiger partial charge is 0.357 e. The third kappa shape index (κ3) is 10.1. The lowest BCUT2D eigenvalue weighted by Gasteiger charge is -2.30. The molecule has 0 bridgehead atoms. The van der Waals surface area contributed by atoms with E-state index < -0.39 is 0 Å². The molecule has 0 radical (unpaired) electrons. The topological polar surface area (TPSA) is 52.6 Å². The molecular formula is C20H38IN5S. The number of aromatic nitrogens is 1. The van der Waals surface area contributed by atoms with Gasteiger partial charge in [0, 0.05) is 37.1 Å². The molecule has 0 amide bonds. The van der Waals surface area contributed by atoms with Crippen molar-refractivity contribution in [1.82, 2.24) is 20.5 Å². The average molecular weight is 508 g/mol. The summed E-state index contributed by atoms with van der Waals surface area (Å²) in [6, 6.07) is 0. The maximum atomic E-state index is 4.72. The SMILES string of the molecule is CCNC(=NCCCCN1CCC(C)CC1)NCCc1ncc(CC)s1.I. The van der Waals surface area contributed by atoms with Crippen molar-refractivity contribution in [2.24, 2.45) is 10.9 Å². The zero-order valence-corrected chi connectivity index (χ0v) is 20.4. The lowest BCUT2D eigenvalue weighted by Crippen LogP contribution is -2.38. The van der Waals surface area contributed by atoms with Crippen LogP contribution in [0.15, 0.2) is 11.2 Å². The number of aliphatic imine (C=N–C) groups is 1. The zero-order valence-electron chi connectivity index (χ0n) is 17.3. The number of hydrogen-bond donors (Lipinski definition) is 2. The van der Waals surface area contributed by atoms with E-state index in [1.807, 2.05) is 17.5 Å². The van der Waals surface area contributed by atoms with Crippen LogP contribution in [0, 0.1) is 5.92 Å². The van der Waals surface area contributed by atoms with Crippen LogP contribution in [0.1, 0.15) is 56.3 Å². The first-order valence-electron chi connectivity index (χ1n) is 10.4. The average Bonchev–Trinajstić information content (AvgIpc) is 3.11. The van der Waals surface area contributed by atoms with Crippen molar-refractivity contribution in [1.29, 1.82) is 0 Å². The quantitative estimate of drug-likeness (QED) is 0.218. The molecule has 0 spiro atoms. The monoisotopic (exact) mass is 507 g/mol. The van der Waals surface area contributed by atoms with Crippen molar-refractivity contribution >= 4 is 41.3 Å². The summed E-state index contributed by atoms with van der Waals surface area (Å²) in [6.45, 7) is 13.1. The van der Waals surface area contributed by atoms with E-state index >= 15 is 0 Å². The van der Waals surface area contributed by atoms with Crippen molar-refractivity contribution < 1.29 is 0 Å². The van der Waals surface area contributed by atoms with E-state index in [4.69, 9.17) is 4.99 Å². The summed E-state index contributed by atoms with van der Waals surface area (Å²) in [5.41, 5.74) is 0. The molecule has 1 aromatic rings. The number of piperidine rings is 1. The van der Waals surface area contributed by atoms with Gasteiger partial charge in [-0.05, 0) is 64.6 Å². The van der Waals surface area contributed by atoms with Gasteiger partial charge >= 0.3 is 0 Å². The number of halogens is 1. The minimum atomic E-state index is 0. The molecule has 5 nitrogen and oxygen atoms in total. The highest BCUT2D eigenvalue weighted by atomic mass is 127. The van der Waals surface area contributed by atoms with E-state index in [0.717, 1.165) is 50.8 Å². The van der Waals surface area contributed by atoms with Crippen LogP contribution in [0.4, 0.5) is 0 Å². The Labute approximate surface area is 186 Å². The Bertz CT molecular complexity index is 526. The molecule has 2 rings (SSSR count). The Kier molecular flexibility index (Phi) is 13.3. The maximum Gasteiger partial charge on any atom is 0.191 e. The minimum Gasteiger partial charge on any atom is -0.357 e. The van der Waals surface area contributed by atoms with Gasteiger partial charge < -0.3 is 15.5 Å². The van der Waals surface area contributed by atoms with E-state index in [0.29, 0.717) is 0 Å². The fraction of sp³-hybridized carbons (Fsp3) is 0.800. The molecule has 1 aromatic heterocycles. The van der Waals surface area contributed by atoms with Gasteiger partial charge in [0.2, 0.25) is 0 Å². The molecule has 156 valence electrons. The predicted molar refractivity (Wildman–Crippen MR) is 129 cm³/mol. The van der Waals surface area contributed by atoms with Gasteiger partial charge in [-0.2, -0.15) is 0 Å². The zero-order chi connectivity index (χ0) is 18.6. The van der Waals surface area contributed by atoms with Crippen LogP contribution in [0.25, 0.3) is 0 Å². The van der Waals surface area contributed by atoms with Crippen molar-refractivity contribution in [3.05, 3.63) is 16.1 Å². The lowest BCUT2D eigenvalue weighted by atomic mass is 9.99. The second-order valence-corrected chi connectivity index (χ2v) is 8.44. The minimum absolute atomic E-state index is 0. The third-order valence-electron chi connectivity index (χ3n) is 4.95. The van der Waals surface area contributed by atoms with Crippen molar-refractivity contribution in [2.75, 3.05) is 39.3 Å². The number of nitrogens with one attached hydrogen (secondary N) is 2. The summed E-state index contributed by atoms with van der Waals surface area (Å²) < 4.78 is 0. The lowest BCUT2D eigenvalue weighted by molar-refractivity contribution is 0.190. The van der Waals surface area contributed by atoms with E-state index in [2.05, 4.69) is 41.3 Å². The number of rotatable bonds is 10. The summed E-state index contributed by atoms with van der Waals surface area (Å²) in [6.07, 6.45) is 9.18. The molecule has 1 saturated heterocycles. The predicted octanol–water partition coefficient (Wildman–Crippen LogP) is 3.93. The van der Waals surface area contributed by atoms with Gasteiger partial charge in [0.05, 0.1) is 5.01 Å². The van der Waals surface area contributed by atoms with Gasteiger partial charge in [0.25, 0.3) is 0 Å². The molecular weight excluding hydrogens is 469 g/mol. The van der Waals surface area contributed by atoms with Crippen LogP contribution >= 0.6 is 35.3 Å². The summed E-state index contributed by atoms with van der Waals surface area (Å²) in [4.78, 5) is 13.2. The Morgan fingerprint density at radius 1 is 1.26 bits per heavy atom. The third-order valence-corrected chi connectivity index (χ3v) is 6.16. The summed E-state index contributed by atoms with van der Waals surface area (Å²) in [5, 5.41) is 7.99. The molecule has 1 aliphatic heterocycles. The van der Waals surface area contributed by atoms with Gasteiger partial charge in [-0.25, -0.2) is 4.98 Å². The number of thiazole rings is 1. The molecule has 2 heterocycles. The highest BCUT2D eigenvalue weighted by Crippen LogP contribution is 2.16. The van der Waals surface area contributed by atoms with Crippen molar-refractivity contribution in [3.63, 3.8) is 0 Å². The highest BCUT2D eigenvalue weighted by molar-refractivity contribution is 14.0. The molecule has 0 unspecified atom stereocenters. The Hall–Kier alpha value is -0.410. The van der Waals surface area contributed by atoms with Crippen molar-refractivity contribution in [3.8, 4) is 0 Å². The highest BCUT2D eigenvalue weighted by Gasteiger charge is 2.14. The first kappa shape index (κ1) is 24.6. The van der Waals surface area contributed by atoms with Gasteiger partial charge in [-0.3, -0.25) is 4.99 Å². The first-order valence-corrected chi connectivity index (χ1v) is 11.2. The van der Waals surface area contributed by atoms with Gasteiger partial charge in [0.1, 0.15) is 0 Å². The van der Waals surface area contributed by atoms with Crippen LogP contribution in [0.2, 0.25) is 0 Å². The normalized spacial score (nSPS) is 16.2. The van der Waals surface area contributed by atoms with Crippen LogP contribution in [-0.2, 0) is 12.8 Å². The number of unbranched alkanes of at least 4 members (excludes halogenated alkanes) is 1. The molecule has 0 aliphatic carbocycles. The smallest absolute Gasteiger partial charge is 0.191 e. The molecule has 0 aromatic carbocycles. The van der Waals surface area contributed by atoms with Gasteiger partial charge in [-0.1, -0.05) is 13.8 Å². The molecule has 2 N–H and O–H groups in total. The summed E-state index contributed by atoms with van der Waals surface area (Å²) in [7, 11) is 0. The Morgan fingerprint density at radius 3 is 2.70 bits per heavy atom. The van der Waals surface area contributed by atoms with Crippen LogP contribution in [-0.4, -0.2) is 55.1 Å². The molecule has 1 fully saturated rings. The fourth-order valence-electron chi connectivity index (χ4n) is 3.18. The van der Waals surface area contributed by atoms with Crippen molar-refractivity contribution in [2.45, 2.75) is 59.3 Å². The van der Waals surface area contributed by atoms with Crippen LogP contribution in [0.5, 0.6) is 0 Å². The summed E-state index contributed by atoms with van der Waals surface area (Å²) in [5.74, 6) is 1.86. The standard InChI is InChI=1S/C20H37N5S.HI/c1-4-18-16-24-19(26-18)8-12-23-20(21-5-2)22-11-6-7-13-25-14-9-17(3)10-15-25;/h16-17H,4-15H2,1-3H3,(H2,21,22,23);1H. The molecule has 7 heteroatoms. The van der Waals surface area contributed by atoms with Crippen LogP contribution < -0.4 is 10.6 Å². The number of guanidine groups is 1. The van der Waals surface area contributed by atoms with E-state index in [-0.39, 0.29) is 24.0 Å². The maximum absolute atomic E-state index is 4.72. The number of aryl methyl sites for hydroxylation is 1. The van der Waals surface area contributed by atoms with E-state index in [1.165, 1.54) is 48.8 Å².